The number of benzene rings is 1. The summed E-state index contributed by atoms with van der Waals surface area (Å²) in [6.07, 6.45) is 2.27. The normalized spacial score (nSPS) is 17.9. The standard InChI is InChI=1S/C17H22N2S/c1-2-13-7-8-20-17(13)12-18-11-16-9-14-5-3-4-6-15(14)10-19-16/h3-8,16,18-19H,2,9-12H2,1H3. The summed E-state index contributed by atoms with van der Waals surface area (Å²) in [6, 6.07) is 11.6. The Morgan fingerprint density at radius 3 is 2.95 bits per heavy atom. The van der Waals surface area contributed by atoms with Crippen molar-refractivity contribution in [3.8, 4) is 0 Å². The summed E-state index contributed by atoms with van der Waals surface area (Å²) in [5.74, 6) is 0. The Bertz CT molecular complexity index is 562. The van der Waals surface area contributed by atoms with Gasteiger partial charge in [0.2, 0.25) is 0 Å². The van der Waals surface area contributed by atoms with Crippen LogP contribution in [0.2, 0.25) is 0 Å². The van der Waals surface area contributed by atoms with E-state index in [1.165, 1.54) is 21.6 Å². The lowest BCUT2D eigenvalue weighted by atomic mass is 9.96. The van der Waals surface area contributed by atoms with Gasteiger partial charge in [-0.3, -0.25) is 0 Å². The molecule has 2 heterocycles. The first-order chi connectivity index (χ1) is 9.86. The molecule has 0 spiro atoms. The summed E-state index contributed by atoms with van der Waals surface area (Å²) >= 11 is 1.87. The van der Waals surface area contributed by atoms with Crippen LogP contribution in [0.3, 0.4) is 0 Å². The van der Waals surface area contributed by atoms with Crippen molar-refractivity contribution in [2.75, 3.05) is 6.54 Å². The lowest BCUT2D eigenvalue weighted by Crippen LogP contribution is -2.42. The van der Waals surface area contributed by atoms with E-state index in [4.69, 9.17) is 0 Å². The minimum absolute atomic E-state index is 0.551. The van der Waals surface area contributed by atoms with Crippen LogP contribution in [0.15, 0.2) is 35.7 Å². The molecule has 106 valence electrons. The van der Waals surface area contributed by atoms with Gasteiger partial charge < -0.3 is 10.6 Å². The molecule has 2 N–H and O–H groups in total. The maximum atomic E-state index is 3.62. The van der Waals surface area contributed by atoms with Crippen molar-refractivity contribution in [3.63, 3.8) is 0 Å². The molecule has 1 unspecified atom stereocenters. The van der Waals surface area contributed by atoms with Crippen LogP contribution in [0.5, 0.6) is 0 Å². The van der Waals surface area contributed by atoms with E-state index < -0.39 is 0 Å². The van der Waals surface area contributed by atoms with Crippen molar-refractivity contribution in [2.24, 2.45) is 0 Å². The second-order valence-electron chi connectivity index (χ2n) is 5.40. The van der Waals surface area contributed by atoms with Crippen molar-refractivity contribution in [2.45, 2.75) is 38.9 Å². The molecule has 1 aliphatic heterocycles. The Morgan fingerprint density at radius 2 is 2.10 bits per heavy atom. The third kappa shape index (κ3) is 3.11. The molecular weight excluding hydrogens is 264 g/mol. The average molecular weight is 286 g/mol. The van der Waals surface area contributed by atoms with Gasteiger partial charge in [-0.25, -0.2) is 0 Å². The van der Waals surface area contributed by atoms with Gasteiger partial charge in [0.1, 0.15) is 0 Å². The lowest BCUT2D eigenvalue weighted by molar-refractivity contribution is 0.448. The van der Waals surface area contributed by atoms with E-state index in [-0.39, 0.29) is 0 Å². The van der Waals surface area contributed by atoms with Crippen molar-refractivity contribution >= 4 is 11.3 Å². The first-order valence-corrected chi connectivity index (χ1v) is 8.31. The largest absolute Gasteiger partial charge is 0.310 e. The fraction of sp³-hybridized carbons (Fsp3) is 0.412. The number of rotatable bonds is 5. The molecule has 0 saturated carbocycles. The van der Waals surface area contributed by atoms with Gasteiger partial charge in [0.25, 0.3) is 0 Å². The summed E-state index contributed by atoms with van der Waals surface area (Å²) in [4.78, 5) is 1.49. The smallest absolute Gasteiger partial charge is 0.0303 e. The van der Waals surface area contributed by atoms with Crippen LogP contribution in [0.1, 0.15) is 28.5 Å². The van der Waals surface area contributed by atoms with E-state index in [1.807, 2.05) is 11.3 Å². The highest BCUT2D eigenvalue weighted by Crippen LogP contribution is 2.18. The molecule has 3 rings (SSSR count). The second kappa shape index (κ2) is 6.53. The number of thiophene rings is 1. The highest BCUT2D eigenvalue weighted by atomic mass is 32.1. The van der Waals surface area contributed by atoms with Gasteiger partial charge in [-0.1, -0.05) is 31.2 Å². The van der Waals surface area contributed by atoms with Gasteiger partial charge >= 0.3 is 0 Å². The molecule has 20 heavy (non-hydrogen) atoms. The minimum atomic E-state index is 0.551. The highest BCUT2D eigenvalue weighted by Gasteiger charge is 2.16. The average Bonchev–Trinajstić information content (AvgIpc) is 2.95. The van der Waals surface area contributed by atoms with Crippen LogP contribution in [0.4, 0.5) is 0 Å². The first kappa shape index (κ1) is 13.8. The van der Waals surface area contributed by atoms with Crippen molar-refractivity contribution in [3.05, 3.63) is 57.3 Å². The van der Waals surface area contributed by atoms with Crippen molar-refractivity contribution < 1.29 is 0 Å². The number of fused-ring (bicyclic) bond motifs is 1. The highest BCUT2D eigenvalue weighted by molar-refractivity contribution is 7.10. The van der Waals surface area contributed by atoms with Gasteiger partial charge in [0.15, 0.2) is 0 Å². The molecule has 2 nitrogen and oxygen atoms in total. The molecule has 0 amide bonds. The summed E-state index contributed by atoms with van der Waals surface area (Å²) in [5.41, 5.74) is 4.45. The Morgan fingerprint density at radius 1 is 1.25 bits per heavy atom. The van der Waals surface area contributed by atoms with Crippen molar-refractivity contribution in [1.29, 1.82) is 0 Å². The summed E-state index contributed by atoms with van der Waals surface area (Å²) in [7, 11) is 0. The Labute approximate surface area is 125 Å². The monoisotopic (exact) mass is 286 g/mol. The second-order valence-corrected chi connectivity index (χ2v) is 6.40. The van der Waals surface area contributed by atoms with E-state index in [1.54, 1.807) is 0 Å². The molecule has 1 atom stereocenters. The molecule has 1 aliphatic rings. The molecule has 1 aromatic heterocycles. The van der Waals surface area contributed by atoms with Gasteiger partial charge in [-0.05, 0) is 41.0 Å². The maximum Gasteiger partial charge on any atom is 0.0303 e. The van der Waals surface area contributed by atoms with Gasteiger partial charge in [0.05, 0.1) is 0 Å². The predicted molar refractivity (Wildman–Crippen MR) is 86.2 cm³/mol. The predicted octanol–water partition coefficient (Wildman–Crippen LogP) is 3.11. The van der Waals surface area contributed by atoms with E-state index >= 15 is 0 Å². The van der Waals surface area contributed by atoms with E-state index in [2.05, 4.69) is 53.3 Å². The van der Waals surface area contributed by atoms with Crippen LogP contribution in [-0.4, -0.2) is 12.6 Å². The molecular formula is C17H22N2S. The van der Waals surface area contributed by atoms with Gasteiger partial charge in [-0.15, -0.1) is 11.3 Å². The zero-order chi connectivity index (χ0) is 13.8. The SMILES string of the molecule is CCc1ccsc1CNCC1Cc2ccccc2CN1. The summed E-state index contributed by atoms with van der Waals surface area (Å²) in [5, 5.41) is 9.44. The Kier molecular flexibility index (Phi) is 4.51. The lowest BCUT2D eigenvalue weighted by Gasteiger charge is -2.26. The van der Waals surface area contributed by atoms with Crippen LogP contribution in [0, 0.1) is 0 Å². The van der Waals surface area contributed by atoms with Gasteiger partial charge in [-0.2, -0.15) is 0 Å². The van der Waals surface area contributed by atoms with Crippen LogP contribution in [-0.2, 0) is 25.9 Å². The number of aryl methyl sites for hydroxylation is 1. The number of nitrogens with one attached hydrogen (secondary N) is 2. The van der Waals surface area contributed by atoms with E-state index in [0.717, 1.165) is 32.5 Å². The topological polar surface area (TPSA) is 24.1 Å². The van der Waals surface area contributed by atoms with Crippen LogP contribution >= 0.6 is 11.3 Å². The number of hydrogen-bond acceptors (Lipinski definition) is 3. The Balaban J connectivity index is 1.51. The fourth-order valence-corrected chi connectivity index (χ4v) is 3.81. The zero-order valence-electron chi connectivity index (χ0n) is 12.0. The zero-order valence-corrected chi connectivity index (χ0v) is 12.8. The molecule has 2 aromatic rings. The number of hydrogen-bond donors (Lipinski definition) is 2. The molecule has 1 aromatic carbocycles. The third-order valence-corrected chi connectivity index (χ3v) is 5.02. The van der Waals surface area contributed by atoms with E-state index in [0.29, 0.717) is 6.04 Å². The molecule has 0 radical (unpaired) electrons. The first-order valence-electron chi connectivity index (χ1n) is 7.43. The van der Waals surface area contributed by atoms with Gasteiger partial charge in [0, 0.05) is 30.6 Å². The van der Waals surface area contributed by atoms with Crippen molar-refractivity contribution in [1.82, 2.24) is 10.6 Å². The summed E-state index contributed by atoms with van der Waals surface area (Å²) < 4.78 is 0. The maximum absolute atomic E-state index is 3.62. The fourth-order valence-electron chi connectivity index (χ4n) is 2.86. The molecule has 0 saturated heterocycles. The molecule has 0 aliphatic carbocycles. The molecule has 0 fully saturated rings. The van der Waals surface area contributed by atoms with Crippen LogP contribution < -0.4 is 10.6 Å². The van der Waals surface area contributed by atoms with E-state index in [9.17, 15) is 0 Å². The molecule has 0 bridgehead atoms. The summed E-state index contributed by atoms with van der Waals surface area (Å²) in [6.45, 7) is 5.27. The minimum Gasteiger partial charge on any atom is -0.310 e. The molecule has 3 heteroatoms. The Hall–Kier alpha value is -1.16. The van der Waals surface area contributed by atoms with Crippen LogP contribution in [0.25, 0.3) is 0 Å². The third-order valence-electron chi connectivity index (χ3n) is 4.06. The quantitative estimate of drug-likeness (QED) is 0.882.